The van der Waals surface area contributed by atoms with Gasteiger partial charge in [0, 0.05) is 17.1 Å². The van der Waals surface area contributed by atoms with Gasteiger partial charge >= 0.3 is 0 Å². The Morgan fingerprint density at radius 1 is 0.920 bits per heavy atom. The van der Waals surface area contributed by atoms with Crippen LogP contribution in [0.5, 0.6) is 23.0 Å². The van der Waals surface area contributed by atoms with Crippen LogP contribution in [0.3, 0.4) is 0 Å². The maximum atomic E-state index is 11.3. The number of nitro groups is 1. The maximum absolute atomic E-state index is 11.3. The summed E-state index contributed by atoms with van der Waals surface area (Å²) in [7, 11) is 6.10. The minimum atomic E-state index is -0.569. The lowest BCUT2D eigenvalue weighted by Crippen LogP contribution is -2.16. The highest BCUT2D eigenvalue weighted by Gasteiger charge is 2.28. The van der Waals surface area contributed by atoms with Gasteiger partial charge in [-0.3, -0.25) is 10.1 Å². The molecule has 0 bridgehead atoms. The zero-order chi connectivity index (χ0) is 18.4. The first-order valence-electron chi connectivity index (χ1n) is 7.59. The zero-order valence-corrected chi connectivity index (χ0v) is 14.6. The molecule has 0 fully saturated rings. The van der Waals surface area contributed by atoms with E-state index < -0.39 is 5.92 Å². The predicted octanol–water partition coefficient (Wildman–Crippen LogP) is 3.13. The fourth-order valence-corrected chi connectivity index (χ4v) is 2.75. The Labute approximate surface area is 146 Å². The Bertz CT molecular complexity index is 721. The van der Waals surface area contributed by atoms with E-state index in [9.17, 15) is 10.1 Å². The van der Waals surface area contributed by atoms with Gasteiger partial charge in [0.2, 0.25) is 6.54 Å². The summed E-state index contributed by atoms with van der Waals surface area (Å²) in [6, 6.07) is 10.5. The fraction of sp³-hybridized carbons (Fsp3) is 0.333. The van der Waals surface area contributed by atoms with E-state index in [1.165, 1.54) is 21.3 Å². The smallest absolute Gasteiger partial charge is 0.214 e. The summed E-state index contributed by atoms with van der Waals surface area (Å²) in [5, 5.41) is 11.3. The molecule has 25 heavy (non-hydrogen) atoms. The number of ether oxygens (including phenoxy) is 4. The molecule has 2 aromatic carbocycles. The second-order valence-electron chi connectivity index (χ2n) is 5.29. The Morgan fingerprint density at radius 3 is 2.00 bits per heavy atom. The third-order valence-electron chi connectivity index (χ3n) is 3.93. The quantitative estimate of drug-likeness (QED) is 0.539. The molecule has 0 amide bonds. The third-order valence-corrected chi connectivity index (χ3v) is 3.93. The summed E-state index contributed by atoms with van der Waals surface area (Å²) in [5.74, 6) is 1.53. The first-order chi connectivity index (χ1) is 12.0. The van der Waals surface area contributed by atoms with Crippen LogP contribution in [0.15, 0.2) is 36.4 Å². The lowest BCUT2D eigenvalue weighted by molar-refractivity contribution is -0.481. The molecule has 0 aromatic heterocycles. The van der Waals surface area contributed by atoms with Crippen LogP contribution in [0.2, 0.25) is 0 Å². The van der Waals surface area contributed by atoms with Crippen LogP contribution in [0, 0.1) is 10.1 Å². The molecule has 2 aromatic rings. The summed E-state index contributed by atoms with van der Waals surface area (Å²) in [5.41, 5.74) is 1.33. The Kier molecular flexibility index (Phi) is 6.05. The molecule has 7 nitrogen and oxygen atoms in total. The molecule has 1 atom stereocenters. The predicted molar refractivity (Wildman–Crippen MR) is 92.8 cm³/mol. The van der Waals surface area contributed by atoms with Gasteiger partial charge in [-0.15, -0.1) is 0 Å². The van der Waals surface area contributed by atoms with Crippen molar-refractivity contribution >= 4 is 0 Å². The minimum absolute atomic E-state index is 0.313. The highest BCUT2D eigenvalue weighted by atomic mass is 16.6. The molecule has 1 unspecified atom stereocenters. The summed E-state index contributed by atoms with van der Waals surface area (Å²) >= 11 is 0. The van der Waals surface area contributed by atoms with Crippen molar-refractivity contribution in [3.8, 4) is 23.0 Å². The van der Waals surface area contributed by atoms with Gasteiger partial charge in [-0.2, -0.15) is 0 Å². The molecule has 0 heterocycles. The van der Waals surface area contributed by atoms with E-state index in [1.54, 1.807) is 37.4 Å². The Balaban J connectivity index is 2.66. The van der Waals surface area contributed by atoms with Crippen LogP contribution < -0.4 is 18.9 Å². The average molecular weight is 347 g/mol. The average Bonchev–Trinajstić information content (AvgIpc) is 2.64. The first-order valence-corrected chi connectivity index (χ1v) is 7.59. The van der Waals surface area contributed by atoms with Crippen molar-refractivity contribution in [2.45, 2.75) is 5.92 Å². The van der Waals surface area contributed by atoms with Crippen molar-refractivity contribution in [3.63, 3.8) is 0 Å². The van der Waals surface area contributed by atoms with Crippen LogP contribution in [0.25, 0.3) is 0 Å². The lowest BCUT2D eigenvalue weighted by Gasteiger charge is -2.21. The topological polar surface area (TPSA) is 80.1 Å². The first kappa shape index (κ1) is 18.4. The van der Waals surface area contributed by atoms with Crippen LogP contribution in [-0.4, -0.2) is 39.9 Å². The highest BCUT2D eigenvalue weighted by Crippen LogP contribution is 2.42. The molecule has 0 N–H and O–H groups in total. The summed E-state index contributed by atoms with van der Waals surface area (Å²) in [4.78, 5) is 10.9. The molecule has 0 aliphatic heterocycles. The molecule has 0 radical (unpaired) electrons. The summed E-state index contributed by atoms with van der Waals surface area (Å²) < 4.78 is 21.4. The molecular formula is C18H21NO6. The van der Waals surface area contributed by atoms with Crippen molar-refractivity contribution in [1.82, 2.24) is 0 Å². The van der Waals surface area contributed by atoms with E-state index in [2.05, 4.69) is 0 Å². The molecule has 7 heteroatoms. The van der Waals surface area contributed by atoms with Crippen molar-refractivity contribution in [3.05, 3.63) is 57.6 Å². The maximum Gasteiger partial charge on any atom is 0.214 e. The monoisotopic (exact) mass is 347 g/mol. The molecule has 0 saturated carbocycles. The number of rotatable bonds is 8. The van der Waals surface area contributed by atoms with Crippen molar-refractivity contribution in [1.29, 1.82) is 0 Å². The number of benzene rings is 2. The van der Waals surface area contributed by atoms with Gasteiger partial charge < -0.3 is 18.9 Å². The molecular weight excluding hydrogens is 326 g/mol. The van der Waals surface area contributed by atoms with Crippen LogP contribution in [-0.2, 0) is 0 Å². The van der Waals surface area contributed by atoms with Gasteiger partial charge in [0.05, 0.1) is 39.9 Å². The third kappa shape index (κ3) is 4.12. The standard InChI is InChI=1S/C18H21NO6/c1-22-13-7-5-6-12(8-13)15(11-19(20)21)18-16(24-3)9-14(23-2)10-17(18)25-4/h5-10,15H,11H2,1-4H3. The van der Waals surface area contributed by atoms with Gasteiger partial charge in [0.15, 0.2) is 0 Å². The van der Waals surface area contributed by atoms with Gasteiger partial charge in [0.1, 0.15) is 23.0 Å². The van der Waals surface area contributed by atoms with Gasteiger partial charge in [-0.05, 0) is 17.7 Å². The summed E-state index contributed by atoms with van der Waals surface area (Å²) in [6.07, 6.45) is 0. The number of hydrogen-bond acceptors (Lipinski definition) is 6. The zero-order valence-electron chi connectivity index (χ0n) is 14.6. The van der Waals surface area contributed by atoms with Gasteiger partial charge in [-0.1, -0.05) is 12.1 Å². The minimum Gasteiger partial charge on any atom is -0.497 e. The number of hydrogen-bond donors (Lipinski definition) is 0. The van der Waals surface area contributed by atoms with Crippen molar-refractivity contribution in [2.75, 3.05) is 35.0 Å². The Morgan fingerprint density at radius 2 is 1.52 bits per heavy atom. The van der Waals surface area contributed by atoms with Crippen LogP contribution in [0.1, 0.15) is 17.0 Å². The Hall–Kier alpha value is -2.96. The molecule has 134 valence electrons. The SMILES string of the molecule is COc1cccc(C(C[N+](=O)[O-])c2c(OC)cc(OC)cc2OC)c1. The van der Waals surface area contributed by atoms with Crippen molar-refractivity contribution < 1.29 is 23.9 Å². The van der Waals surface area contributed by atoms with Gasteiger partial charge in [0.25, 0.3) is 0 Å². The molecule has 0 saturated heterocycles. The van der Waals surface area contributed by atoms with Crippen LogP contribution in [0.4, 0.5) is 0 Å². The normalized spacial score (nSPS) is 11.5. The number of methoxy groups -OCH3 is 4. The van der Waals surface area contributed by atoms with E-state index >= 15 is 0 Å². The number of nitrogens with zero attached hydrogens (tertiary/aromatic N) is 1. The lowest BCUT2D eigenvalue weighted by atomic mass is 9.89. The van der Waals surface area contributed by atoms with E-state index in [4.69, 9.17) is 18.9 Å². The van der Waals surface area contributed by atoms with E-state index in [-0.39, 0.29) is 11.5 Å². The molecule has 0 spiro atoms. The second kappa shape index (κ2) is 8.23. The fourth-order valence-electron chi connectivity index (χ4n) is 2.75. The largest absolute Gasteiger partial charge is 0.497 e. The van der Waals surface area contributed by atoms with Crippen molar-refractivity contribution in [2.24, 2.45) is 0 Å². The summed E-state index contributed by atoms with van der Waals surface area (Å²) in [6.45, 7) is -0.313. The van der Waals surface area contributed by atoms with Gasteiger partial charge in [-0.25, -0.2) is 0 Å². The second-order valence-corrected chi connectivity index (χ2v) is 5.29. The molecule has 0 aliphatic carbocycles. The molecule has 0 aliphatic rings. The van der Waals surface area contributed by atoms with Crippen LogP contribution >= 0.6 is 0 Å². The van der Waals surface area contributed by atoms with E-state index in [0.717, 1.165) is 5.56 Å². The highest BCUT2D eigenvalue weighted by molar-refractivity contribution is 5.55. The van der Waals surface area contributed by atoms with E-state index in [1.807, 2.05) is 6.07 Å². The molecule has 2 rings (SSSR count). The van der Waals surface area contributed by atoms with E-state index in [0.29, 0.717) is 28.6 Å².